The van der Waals surface area contributed by atoms with E-state index in [9.17, 15) is 4.79 Å². The van der Waals surface area contributed by atoms with Crippen LogP contribution in [-0.4, -0.2) is 32.8 Å². The van der Waals surface area contributed by atoms with Crippen LogP contribution in [0.4, 0.5) is 0 Å². The first-order chi connectivity index (χ1) is 11.4. The van der Waals surface area contributed by atoms with Gasteiger partial charge in [0, 0.05) is 12.1 Å². The summed E-state index contributed by atoms with van der Waals surface area (Å²) in [5, 5.41) is 2.99. The van der Waals surface area contributed by atoms with Gasteiger partial charge < -0.3 is 25.3 Å². The van der Waals surface area contributed by atoms with E-state index in [2.05, 4.69) is 5.32 Å². The molecule has 6 nitrogen and oxygen atoms in total. The van der Waals surface area contributed by atoms with E-state index in [1.54, 1.807) is 21.3 Å². The Hall–Kier alpha value is -1.66. The van der Waals surface area contributed by atoms with Gasteiger partial charge in [-0.25, -0.2) is 0 Å². The van der Waals surface area contributed by atoms with Crippen molar-refractivity contribution in [3.63, 3.8) is 0 Å². The molecule has 1 aliphatic carbocycles. The molecule has 1 amide bonds. The fourth-order valence-corrected chi connectivity index (χ4v) is 3.34. The lowest BCUT2D eigenvalue weighted by Crippen LogP contribution is -2.52. The topological polar surface area (TPSA) is 82.8 Å². The highest BCUT2D eigenvalue weighted by Gasteiger charge is 2.37. The predicted molar refractivity (Wildman–Crippen MR) is 99.7 cm³/mol. The lowest BCUT2D eigenvalue weighted by atomic mass is 9.74. The van der Waals surface area contributed by atoms with Crippen LogP contribution in [0.15, 0.2) is 12.1 Å². The molecule has 1 aromatic carbocycles. The highest BCUT2D eigenvalue weighted by Crippen LogP contribution is 2.38. The van der Waals surface area contributed by atoms with Gasteiger partial charge in [-0.05, 0) is 37.5 Å². The molecule has 2 atom stereocenters. The van der Waals surface area contributed by atoms with Gasteiger partial charge in [0.25, 0.3) is 0 Å². The fourth-order valence-electron chi connectivity index (χ4n) is 3.34. The summed E-state index contributed by atoms with van der Waals surface area (Å²) in [6, 6.07) is 3.67. The normalized spacial score (nSPS) is 22.5. The third-order valence-electron chi connectivity index (χ3n) is 4.76. The molecule has 0 saturated heterocycles. The smallest absolute Gasteiger partial charge is 0.225 e. The lowest BCUT2D eigenvalue weighted by molar-refractivity contribution is -0.128. The first kappa shape index (κ1) is 21.4. The second kappa shape index (κ2) is 9.15. The molecule has 1 saturated carbocycles. The Bertz CT molecular complexity index is 567. The zero-order chi connectivity index (χ0) is 17.7. The molecular weight excluding hydrogens is 344 g/mol. The maximum atomic E-state index is 12.5. The van der Waals surface area contributed by atoms with Crippen molar-refractivity contribution in [3.8, 4) is 17.2 Å². The number of amides is 1. The van der Waals surface area contributed by atoms with E-state index in [1.807, 2.05) is 19.1 Å². The van der Waals surface area contributed by atoms with Crippen LogP contribution < -0.4 is 25.3 Å². The van der Waals surface area contributed by atoms with Gasteiger partial charge in [0.05, 0.1) is 27.2 Å². The van der Waals surface area contributed by atoms with Crippen LogP contribution in [0.25, 0.3) is 0 Å². The van der Waals surface area contributed by atoms with Crippen molar-refractivity contribution in [2.75, 3.05) is 21.3 Å². The number of methoxy groups -OCH3 is 3. The summed E-state index contributed by atoms with van der Waals surface area (Å²) in [5.74, 6) is 1.54. The largest absolute Gasteiger partial charge is 0.493 e. The number of carbonyl (C=O) groups excluding carboxylic acids is 1. The van der Waals surface area contributed by atoms with E-state index in [0.717, 1.165) is 31.2 Å². The van der Waals surface area contributed by atoms with Crippen LogP contribution in [-0.2, 0) is 11.3 Å². The first-order valence-electron chi connectivity index (χ1n) is 8.28. The minimum atomic E-state index is -0.433. The molecule has 2 unspecified atom stereocenters. The third kappa shape index (κ3) is 4.92. The summed E-state index contributed by atoms with van der Waals surface area (Å²) >= 11 is 0. The van der Waals surface area contributed by atoms with Gasteiger partial charge in [-0.1, -0.05) is 12.8 Å². The van der Waals surface area contributed by atoms with Crippen molar-refractivity contribution in [2.45, 2.75) is 44.7 Å². The Morgan fingerprint density at radius 2 is 1.80 bits per heavy atom. The van der Waals surface area contributed by atoms with E-state index in [0.29, 0.717) is 23.8 Å². The molecule has 0 bridgehead atoms. The number of benzene rings is 1. The molecule has 1 fully saturated rings. The monoisotopic (exact) mass is 372 g/mol. The van der Waals surface area contributed by atoms with Crippen LogP contribution in [0.5, 0.6) is 17.2 Å². The van der Waals surface area contributed by atoms with Crippen molar-refractivity contribution in [1.82, 2.24) is 5.32 Å². The van der Waals surface area contributed by atoms with Crippen molar-refractivity contribution in [1.29, 1.82) is 0 Å². The first-order valence-corrected chi connectivity index (χ1v) is 8.28. The average Bonchev–Trinajstić information content (AvgIpc) is 2.58. The summed E-state index contributed by atoms with van der Waals surface area (Å²) in [6.07, 6.45) is 3.86. The molecule has 0 aromatic heterocycles. The molecule has 2 rings (SSSR count). The number of halogens is 1. The molecule has 7 heteroatoms. The molecule has 0 aliphatic heterocycles. The maximum absolute atomic E-state index is 12.5. The number of hydrogen-bond acceptors (Lipinski definition) is 5. The SMILES string of the molecule is COc1cc(CNC(=O)C2CCCCC2(C)N)cc(OC)c1OC.Cl. The number of rotatable bonds is 6. The van der Waals surface area contributed by atoms with Crippen molar-refractivity contribution in [3.05, 3.63) is 17.7 Å². The van der Waals surface area contributed by atoms with Gasteiger partial charge in [-0.2, -0.15) is 0 Å². The summed E-state index contributed by atoms with van der Waals surface area (Å²) in [6.45, 7) is 2.36. The van der Waals surface area contributed by atoms with E-state index in [4.69, 9.17) is 19.9 Å². The van der Waals surface area contributed by atoms with Gasteiger partial charge >= 0.3 is 0 Å². The molecule has 3 N–H and O–H groups in total. The molecule has 0 spiro atoms. The summed E-state index contributed by atoms with van der Waals surface area (Å²) < 4.78 is 16.0. The molecule has 0 radical (unpaired) electrons. The fraction of sp³-hybridized carbons (Fsp3) is 0.611. The standard InChI is InChI=1S/C18H28N2O4.ClH/c1-18(19)8-6-5-7-13(18)17(21)20-11-12-9-14(22-2)16(24-4)15(10-12)23-3;/h9-10,13H,5-8,11,19H2,1-4H3,(H,20,21);1H. The van der Waals surface area contributed by atoms with E-state index >= 15 is 0 Å². The Balaban J connectivity index is 0.00000312. The number of carbonyl (C=O) groups is 1. The quantitative estimate of drug-likeness (QED) is 0.802. The number of ether oxygens (including phenoxy) is 3. The Labute approximate surface area is 155 Å². The van der Waals surface area contributed by atoms with E-state index in [-0.39, 0.29) is 24.2 Å². The zero-order valence-corrected chi connectivity index (χ0v) is 16.2. The van der Waals surface area contributed by atoms with Crippen LogP contribution >= 0.6 is 12.4 Å². The minimum absolute atomic E-state index is 0. The van der Waals surface area contributed by atoms with Gasteiger partial charge in [0.15, 0.2) is 11.5 Å². The lowest BCUT2D eigenvalue weighted by Gasteiger charge is -2.37. The van der Waals surface area contributed by atoms with Crippen molar-refractivity contribution < 1.29 is 19.0 Å². The van der Waals surface area contributed by atoms with E-state index in [1.165, 1.54) is 0 Å². The highest BCUT2D eigenvalue weighted by atomic mass is 35.5. The second-order valence-corrected chi connectivity index (χ2v) is 6.56. The van der Waals surface area contributed by atoms with Gasteiger partial charge in [0.1, 0.15) is 0 Å². The third-order valence-corrected chi connectivity index (χ3v) is 4.76. The number of nitrogens with two attached hydrogens (primary N) is 1. The van der Waals surface area contributed by atoms with Crippen LogP contribution in [0, 0.1) is 5.92 Å². The van der Waals surface area contributed by atoms with Gasteiger partial charge in [-0.3, -0.25) is 4.79 Å². The molecule has 1 aromatic rings. The minimum Gasteiger partial charge on any atom is -0.493 e. The summed E-state index contributed by atoms with van der Waals surface area (Å²) in [5.41, 5.74) is 6.75. The van der Waals surface area contributed by atoms with E-state index < -0.39 is 5.54 Å². The van der Waals surface area contributed by atoms with Gasteiger partial charge in [0.2, 0.25) is 11.7 Å². The van der Waals surface area contributed by atoms with Crippen molar-refractivity contribution in [2.24, 2.45) is 11.7 Å². The molecular formula is C18H29ClN2O4. The number of hydrogen-bond donors (Lipinski definition) is 2. The molecule has 25 heavy (non-hydrogen) atoms. The van der Waals surface area contributed by atoms with Crippen molar-refractivity contribution >= 4 is 18.3 Å². The summed E-state index contributed by atoms with van der Waals surface area (Å²) in [7, 11) is 4.70. The molecule has 0 heterocycles. The van der Waals surface area contributed by atoms with Crippen LogP contribution in [0.3, 0.4) is 0 Å². The van der Waals surface area contributed by atoms with Gasteiger partial charge in [-0.15, -0.1) is 12.4 Å². The predicted octanol–water partition coefficient (Wildman–Crippen LogP) is 2.66. The van der Waals surface area contributed by atoms with Crippen LogP contribution in [0.2, 0.25) is 0 Å². The Kier molecular flexibility index (Phi) is 7.83. The van der Waals surface area contributed by atoms with Crippen LogP contribution in [0.1, 0.15) is 38.2 Å². The summed E-state index contributed by atoms with van der Waals surface area (Å²) in [4.78, 5) is 12.5. The second-order valence-electron chi connectivity index (χ2n) is 6.56. The Morgan fingerprint density at radius 1 is 1.20 bits per heavy atom. The molecule has 1 aliphatic rings. The number of nitrogens with one attached hydrogen (secondary N) is 1. The average molecular weight is 373 g/mol. The zero-order valence-electron chi connectivity index (χ0n) is 15.4. The molecule has 142 valence electrons. The maximum Gasteiger partial charge on any atom is 0.225 e. The Morgan fingerprint density at radius 3 is 2.28 bits per heavy atom. The highest BCUT2D eigenvalue weighted by molar-refractivity contribution is 5.85.